The van der Waals surface area contributed by atoms with Gasteiger partial charge in [-0.05, 0) is 20.1 Å². The van der Waals surface area contributed by atoms with Crippen molar-refractivity contribution >= 4 is 17.4 Å². The second kappa shape index (κ2) is 3.31. The second-order valence-electron chi connectivity index (χ2n) is 3.05. The predicted molar refractivity (Wildman–Crippen MR) is 53.0 cm³/mol. The Morgan fingerprint density at radius 3 is 2.25 bits per heavy atom. The molecule has 0 aliphatic heterocycles. The molecule has 2 N–H and O–H groups in total. The highest BCUT2D eigenvalue weighted by Crippen LogP contribution is 2.30. The van der Waals surface area contributed by atoms with Crippen LogP contribution in [0.4, 0.5) is 5.69 Å². The van der Waals surface area contributed by atoms with Gasteiger partial charge in [0.15, 0.2) is 0 Å². The van der Waals surface area contributed by atoms with Gasteiger partial charge in [0, 0.05) is 0 Å². The lowest BCUT2D eigenvalue weighted by Gasteiger charge is -2.19. The number of nitrogen functional groups attached to an aromatic ring is 1. The number of hydrogen-bond acceptors (Lipinski definition) is 4. The Balaban J connectivity index is 2.96. The number of aromatic nitrogens is 2. The topological polar surface area (TPSA) is 51.8 Å². The highest BCUT2D eigenvalue weighted by molar-refractivity contribution is 7.99. The minimum absolute atomic E-state index is 0.0340. The second-order valence-corrected chi connectivity index (χ2v) is 4.48. The molecule has 12 heavy (non-hydrogen) atoms. The van der Waals surface area contributed by atoms with E-state index in [0.717, 1.165) is 5.82 Å². The van der Waals surface area contributed by atoms with Crippen LogP contribution < -0.4 is 5.73 Å². The third kappa shape index (κ3) is 1.88. The van der Waals surface area contributed by atoms with Crippen LogP contribution in [0.3, 0.4) is 0 Å². The van der Waals surface area contributed by atoms with Gasteiger partial charge in [-0.25, -0.2) is 9.97 Å². The van der Waals surface area contributed by atoms with E-state index in [2.05, 4.69) is 23.8 Å². The van der Waals surface area contributed by atoms with Gasteiger partial charge in [0.05, 0.1) is 22.8 Å². The van der Waals surface area contributed by atoms with E-state index in [1.54, 1.807) is 24.2 Å². The minimum atomic E-state index is -0.0340. The van der Waals surface area contributed by atoms with Crippen LogP contribution in [0.5, 0.6) is 0 Å². The first-order valence-electron chi connectivity index (χ1n) is 3.69. The Morgan fingerprint density at radius 1 is 1.33 bits per heavy atom. The fourth-order valence-corrected chi connectivity index (χ4v) is 1.03. The van der Waals surface area contributed by atoms with E-state index in [0.29, 0.717) is 5.69 Å². The zero-order valence-electron chi connectivity index (χ0n) is 7.53. The van der Waals surface area contributed by atoms with Crippen LogP contribution in [0.15, 0.2) is 12.4 Å². The maximum absolute atomic E-state index is 5.48. The van der Waals surface area contributed by atoms with Crippen LogP contribution in [0.25, 0.3) is 0 Å². The first-order chi connectivity index (χ1) is 5.56. The molecule has 0 atom stereocenters. The van der Waals surface area contributed by atoms with Crippen LogP contribution in [-0.4, -0.2) is 16.2 Å². The molecule has 0 aliphatic rings. The van der Waals surface area contributed by atoms with Crippen molar-refractivity contribution in [2.45, 2.75) is 18.6 Å². The molecule has 1 rings (SSSR count). The molecular formula is C8H13N3S. The van der Waals surface area contributed by atoms with E-state index in [-0.39, 0.29) is 4.75 Å². The maximum atomic E-state index is 5.48. The molecular weight excluding hydrogens is 170 g/mol. The summed E-state index contributed by atoms with van der Waals surface area (Å²) < 4.78 is -0.0340. The van der Waals surface area contributed by atoms with Gasteiger partial charge in [0.25, 0.3) is 0 Å². The summed E-state index contributed by atoms with van der Waals surface area (Å²) >= 11 is 1.72. The average molecular weight is 183 g/mol. The largest absolute Gasteiger partial charge is 0.396 e. The van der Waals surface area contributed by atoms with Crippen LogP contribution in [-0.2, 0) is 4.75 Å². The fourth-order valence-electron chi connectivity index (χ4n) is 0.740. The Hall–Kier alpha value is -0.770. The number of anilines is 1. The lowest BCUT2D eigenvalue weighted by atomic mass is 10.2. The summed E-state index contributed by atoms with van der Waals surface area (Å²) in [6.07, 6.45) is 5.32. The fraction of sp³-hybridized carbons (Fsp3) is 0.500. The van der Waals surface area contributed by atoms with E-state index in [9.17, 15) is 0 Å². The molecule has 0 aromatic carbocycles. The summed E-state index contributed by atoms with van der Waals surface area (Å²) in [5.74, 6) is 0.823. The van der Waals surface area contributed by atoms with Crippen molar-refractivity contribution in [2.75, 3.05) is 12.0 Å². The van der Waals surface area contributed by atoms with Gasteiger partial charge in [-0.15, -0.1) is 0 Å². The molecule has 0 saturated carbocycles. The van der Waals surface area contributed by atoms with Crippen LogP contribution in [0, 0.1) is 0 Å². The first-order valence-corrected chi connectivity index (χ1v) is 4.92. The predicted octanol–water partition coefficient (Wildman–Crippen LogP) is 1.66. The van der Waals surface area contributed by atoms with Crippen molar-refractivity contribution in [3.63, 3.8) is 0 Å². The van der Waals surface area contributed by atoms with E-state index < -0.39 is 0 Å². The number of nitrogens with zero attached hydrogens (tertiary/aromatic N) is 2. The monoisotopic (exact) mass is 183 g/mol. The molecule has 0 radical (unpaired) electrons. The van der Waals surface area contributed by atoms with Gasteiger partial charge in [0.1, 0.15) is 5.82 Å². The molecule has 1 heterocycles. The quantitative estimate of drug-likeness (QED) is 0.757. The van der Waals surface area contributed by atoms with E-state index >= 15 is 0 Å². The summed E-state index contributed by atoms with van der Waals surface area (Å²) in [5, 5.41) is 0. The van der Waals surface area contributed by atoms with Gasteiger partial charge in [-0.1, -0.05) is 0 Å². The van der Waals surface area contributed by atoms with Crippen molar-refractivity contribution in [1.29, 1.82) is 0 Å². The van der Waals surface area contributed by atoms with Crippen molar-refractivity contribution in [3.05, 3.63) is 18.2 Å². The van der Waals surface area contributed by atoms with Gasteiger partial charge in [0.2, 0.25) is 0 Å². The van der Waals surface area contributed by atoms with Crippen molar-refractivity contribution < 1.29 is 0 Å². The van der Waals surface area contributed by atoms with Crippen LogP contribution >= 0.6 is 11.8 Å². The van der Waals surface area contributed by atoms with Crippen LogP contribution in [0.2, 0.25) is 0 Å². The zero-order chi connectivity index (χ0) is 9.19. The Morgan fingerprint density at radius 2 is 1.83 bits per heavy atom. The van der Waals surface area contributed by atoms with Crippen molar-refractivity contribution in [3.8, 4) is 0 Å². The molecule has 3 nitrogen and oxygen atoms in total. The molecule has 0 spiro atoms. The lowest BCUT2D eigenvalue weighted by molar-refractivity contribution is 0.710. The number of thioether (sulfide) groups is 1. The third-order valence-corrected chi connectivity index (χ3v) is 2.92. The molecule has 0 bridgehead atoms. The SMILES string of the molecule is CSC(C)(C)c1ncc(N)cn1. The number of nitrogens with two attached hydrogens (primary N) is 1. The van der Waals surface area contributed by atoms with Gasteiger partial charge >= 0.3 is 0 Å². The van der Waals surface area contributed by atoms with E-state index in [1.807, 2.05) is 6.26 Å². The molecule has 0 aliphatic carbocycles. The summed E-state index contributed by atoms with van der Waals surface area (Å²) in [5.41, 5.74) is 6.09. The molecule has 0 amide bonds. The summed E-state index contributed by atoms with van der Waals surface area (Å²) in [6, 6.07) is 0. The highest BCUT2D eigenvalue weighted by Gasteiger charge is 2.21. The average Bonchev–Trinajstić information content (AvgIpc) is 2.05. The lowest BCUT2D eigenvalue weighted by Crippen LogP contribution is -2.15. The van der Waals surface area contributed by atoms with Crippen molar-refractivity contribution in [2.24, 2.45) is 0 Å². The standard InChI is InChI=1S/C8H13N3S/c1-8(2,12-3)7-10-4-6(9)5-11-7/h4-5H,9H2,1-3H3. The van der Waals surface area contributed by atoms with Crippen molar-refractivity contribution in [1.82, 2.24) is 9.97 Å². The summed E-state index contributed by atoms with van der Waals surface area (Å²) in [7, 11) is 0. The Bertz CT molecular complexity index is 256. The Labute approximate surface area is 76.8 Å². The van der Waals surface area contributed by atoms with Gasteiger partial charge < -0.3 is 5.73 Å². The van der Waals surface area contributed by atoms with Gasteiger partial charge in [-0.3, -0.25) is 0 Å². The molecule has 66 valence electrons. The highest BCUT2D eigenvalue weighted by atomic mass is 32.2. The number of hydrogen-bond donors (Lipinski definition) is 1. The molecule has 0 fully saturated rings. The molecule has 1 aromatic heterocycles. The smallest absolute Gasteiger partial charge is 0.143 e. The summed E-state index contributed by atoms with van der Waals surface area (Å²) in [6.45, 7) is 4.17. The maximum Gasteiger partial charge on any atom is 0.143 e. The normalized spacial score (nSPS) is 11.6. The first kappa shape index (κ1) is 9.32. The van der Waals surface area contributed by atoms with Gasteiger partial charge in [-0.2, -0.15) is 11.8 Å². The third-order valence-electron chi connectivity index (χ3n) is 1.72. The molecule has 4 heteroatoms. The molecule has 1 aromatic rings. The van der Waals surface area contributed by atoms with E-state index in [1.165, 1.54) is 0 Å². The molecule has 0 saturated heterocycles. The summed E-state index contributed by atoms with van der Waals surface area (Å²) in [4.78, 5) is 8.33. The van der Waals surface area contributed by atoms with Crippen LogP contribution in [0.1, 0.15) is 19.7 Å². The Kier molecular flexibility index (Phi) is 2.57. The minimum Gasteiger partial charge on any atom is -0.396 e. The number of rotatable bonds is 2. The van der Waals surface area contributed by atoms with E-state index in [4.69, 9.17) is 5.73 Å². The zero-order valence-corrected chi connectivity index (χ0v) is 8.35. The molecule has 0 unspecified atom stereocenters.